The van der Waals surface area contributed by atoms with Crippen LogP contribution in [-0.4, -0.2) is 23.2 Å². The van der Waals surface area contributed by atoms with Gasteiger partial charge in [-0.15, -0.1) is 0 Å². The molecule has 0 spiro atoms. The molecule has 0 unspecified atom stereocenters. The second-order valence-electron chi connectivity index (χ2n) is 6.78. The van der Waals surface area contributed by atoms with Crippen LogP contribution in [0.3, 0.4) is 0 Å². The van der Waals surface area contributed by atoms with Gasteiger partial charge in [0, 0.05) is 6.04 Å². The fourth-order valence-electron chi connectivity index (χ4n) is 3.57. The highest BCUT2D eigenvalue weighted by molar-refractivity contribution is 5.74. The summed E-state index contributed by atoms with van der Waals surface area (Å²) in [5.74, 6) is -0.776. The number of nitrogens with one attached hydrogen (secondary N) is 1. The average molecular weight is 309 g/mol. The zero-order valence-electron chi connectivity index (χ0n) is 13.4. The van der Waals surface area contributed by atoms with Gasteiger partial charge in [-0.25, -0.2) is 0 Å². The summed E-state index contributed by atoms with van der Waals surface area (Å²) in [6.45, 7) is 2.26. The third kappa shape index (κ3) is 3.62. The second-order valence-corrected chi connectivity index (χ2v) is 6.78. The quantitative estimate of drug-likeness (QED) is 0.860. The van der Waals surface area contributed by atoms with Gasteiger partial charge in [-0.05, 0) is 35.8 Å². The van der Waals surface area contributed by atoms with Gasteiger partial charge in [-0.2, -0.15) is 0 Å². The molecule has 1 fully saturated rings. The molecule has 3 nitrogen and oxygen atoms in total. The van der Waals surface area contributed by atoms with Crippen molar-refractivity contribution < 1.29 is 9.90 Å². The van der Waals surface area contributed by atoms with Gasteiger partial charge >= 0.3 is 5.97 Å². The number of carboxylic acid groups (broad SMARTS) is 1. The van der Waals surface area contributed by atoms with E-state index in [2.05, 4.69) is 36.5 Å². The molecule has 2 aromatic carbocycles. The Kier molecular flexibility index (Phi) is 4.49. The SMILES string of the molecule is CC1(c2ccccc2)CC(N[C@H](Cc2ccccc2)C(=O)O)C1. The molecule has 23 heavy (non-hydrogen) atoms. The van der Waals surface area contributed by atoms with E-state index >= 15 is 0 Å². The Labute approximate surface area is 137 Å². The normalized spacial score (nSPS) is 24.7. The topological polar surface area (TPSA) is 49.3 Å². The lowest BCUT2D eigenvalue weighted by molar-refractivity contribution is -0.140. The van der Waals surface area contributed by atoms with Crippen molar-refractivity contribution in [2.45, 2.75) is 43.7 Å². The standard InChI is InChI=1S/C20H23NO2/c1-20(16-10-6-3-7-11-16)13-17(14-20)21-18(19(22)23)12-15-8-4-2-5-9-15/h2-11,17-18,21H,12-14H2,1H3,(H,22,23)/t17?,18-,20?/m1/s1. The Morgan fingerprint density at radius 2 is 1.70 bits per heavy atom. The molecule has 0 aromatic heterocycles. The minimum atomic E-state index is -0.776. The van der Waals surface area contributed by atoms with E-state index in [1.807, 2.05) is 36.4 Å². The summed E-state index contributed by atoms with van der Waals surface area (Å²) in [5.41, 5.74) is 2.56. The molecule has 1 atom stereocenters. The first-order valence-corrected chi connectivity index (χ1v) is 8.15. The molecule has 0 bridgehead atoms. The zero-order valence-corrected chi connectivity index (χ0v) is 13.4. The first-order chi connectivity index (χ1) is 11.1. The van der Waals surface area contributed by atoms with Gasteiger partial charge in [0.2, 0.25) is 0 Å². The number of aliphatic carboxylic acids is 1. The van der Waals surface area contributed by atoms with Crippen molar-refractivity contribution in [2.24, 2.45) is 0 Å². The van der Waals surface area contributed by atoms with Crippen LogP contribution in [0.1, 0.15) is 30.9 Å². The number of benzene rings is 2. The number of carboxylic acids is 1. The molecule has 120 valence electrons. The van der Waals surface area contributed by atoms with E-state index in [-0.39, 0.29) is 11.5 Å². The van der Waals surface area contributed by atoms with Gasteiger partial charge < -0.3 is 10.4 Å². The van der Waals surface area contributed by atoms with E-state index in [4.69, 9.17) is 0 Å². The lowest BCUT2D eigenvalue weighted by atomic mass is 9.63. The van der Waals surface area contributed by atoms with Gasteiger partial charge in [0.05, 0.1) is 0 Å². The van der Waals surface area contributed by atoms with E-state index in [1.54, 1.807) is 0 Å². The van der Waals surface area contributed by atoms with Crippen molar-refractivity contribution in [3.63, 3.8) is 0 Å². The first kappa shape index (κ1) is 15.8. The van der Waals surface area contributed by atoms with Crippen LogP contribution in [0.2, 0.25) is 0 Å². The molecule has 3 heteroatoms. The molecule has 1 aliphatic rings. The van der Waals surface area contributed by atoms with E-state index < -0.39 is 12.0 Å². The summed E-state index contributed by atoms with van der Waals surface area (Å²) < 4.78 is 0. The number of hydrogen-bond acceptors (Lipinski definition) is 2. The molecule has 0 saturated heterocycles. The maximum absolute atomic E-state index is 11.5. The number of carbonyl (C=O) groups is 1. The Bertz CT molecular complexity index is 648. The summed E-state index contributed by atoms with van der Waals surface area (Å²) in [6.07, 6.45) is 2.49. The van der Waals surface area contributed by atoms with Crippen molar-refractivity contribution in [3.05, 3.63) is 71.8 Å². The maximum Gasteiger partial charge on any atom is 0.321 e. The van der Waals surface area contributed by atoms with Crippen LogP contribution < -0.4 is 5.32 Å². The molecular weight excluding hydrogens is 286 g/mol. The second kappa shape index (κ2) is 6.55. The van der Waals surface area contributed by atoms with Crippen molar-refractivity contribution in [2.75, 3.05) is 0 Å². The third-order valence-corrected chi connectivity index (χ3v) is 4.88. The van der Waals surface area contributed by atoms with Gasteiger partial charge in [0.25, 0.3) is 0 Å². The Morgan fingerprint density at radius 3 is 2.26 bits per heavy atom. The molecule has 0 amide bonds. The van der Waals surface area contributed by atoms with Crippen LogP contribution in [-0.2, 0) is 16.6 Å². The van der Waals surface area contributed by atoms with E-state index in [9.17, 15) is 9.90 Å². The predicted octanol–water partition coefficient (Wildman–Crippen LogP) is 3.39. The van der Waals surface area contributed by atoms with Gasteiger partial charge in [0.15, 0.2) is 0 Å². The number of hydrogen-bond donors (Lipinski definition) is 2. The maximum atomic E-state index is 11.5. The highest BCUT2D eigenvalue weighted by Crippen LogP contribution is 2.43. The van der Waals surface area contributed by atoms with Crippen LogP contribution in [0.5, 0.6) is 0 Å². The highest BCUT2D eigenvalue weighted by atomic mass is 16.4. The Balaban J connectivity index is 1.59. The van der Waals surface area contributed by atoms with Crippen molar-refractivity contribution in [3.8, 4) is 0 Å². The molecular formula is C20H23NO2. The zero-order chi connectivity index (χ0) is 16.3. The predicted molar refractivity (Wildman–Crippen MR) is 91.5 cm³/mol. The molecule has 0 aliphatic heterocycles. The summed E-state index contributed by atoms with van der Waals surface area (Å²) in [4.78, 5) is 11.5. The van der Waals surface area contributed by atoms with Crippen molar-refractivity contribution >= 4 is 5.97 Å². The summed E-state index contributed by atoms with van der Waals surface area (Å²) in [6, 6.07) is 20.0. The lowest BCUT2D eigenvalue weighted by Gasteiger charge is -2.47. The molecule has 0 radical (unpaired) electrons. The molecule has 0 heterocycles. The molecule has 3 rings (SSSR count). The molecule has 1 aliphatic carbocycles. The van der Waals surface area contributed by atoms with Gasteiger partial charge in [-0.1, -0.05) is 67.6 Å². The number of rotatable bonds is 6. The van der Waals surface area contributed by atoms with E-state index in [0.717, 1.165) is 18.4 Å². The molecule has 2 aromatic rings. The molecule has 2 N–H and O–H groups in total. The van der Waals surface area contributed by atoms with Crippen molar-refractivity contribution in [1.82, 2.24) is 5.32 Å². The minimum Gasteiger partial charge on any atom is -0.480 e. The summed E-state index contributed by atoms with van der Waals surface area (Å²) in [7, 11) is 0. The first-order valence-electron chi connectivity index (χ1n) is 8.15. The fourth-order valence-corrected chi connectivity index (χ4v) is 3.57. The van der Waals surface area contributed by atoms with E-state index in [0.29, 0.717) is 6.42 Å². The van der Waals surface area contributed by atoms with Crippen LogP contribution in [0.4, 0.5) is 0 Å². The Morgan fingerprint density at radius 1 is 1.13 bits per heavy atom. The minimum absolute atomic E-state index is 0.161. The molecule has 1 saturated carbocycles. The Hall–Kier alpha value is -2.13. The fraction of sp³-hybridized carbons (Fsp3) is 0.350. The van der Waals surface area contributed by atoms with Crippen LogP contribution in [0.25, 0.3) is 0 Å². The average Bonchev–Trinajstić information content (AvgIpc) is 2.54. The monoisotopic (exact) mass is 309 g/mol. The van der Waals surface area contributed by atoms with E-state index in [1.165, 1.54) is 5.56 Å². The third-order valence-electron chi connectivity index (χ3n) is 4.88. The van der Waals surface area contributed by atoms with Crippen LogP contribution in [0, 0.1) is 0 Å². The summed E-state index contributed by atoms with van der Waals surface area (Å²) >= 11 is 0. The van der Waals surface area contributed by atoms with Crippen molar-refractivity contribution in [1.29, 1.82) is 0 Å². The highest BCUT2D eigenvalue weighted by Gasteiger charge is 2.42. The largest absolute Gasteiger partial charge is 0.480 e. The lowest BCUT2D eigenvalue weighted by Crippen LogP contribution is -2.55. The van der Waals surface area contributed by atoms with Gasteiger partial charge in [-0.3, -0.25) is 4.79 Å². The van der Waals surface area contributed by atoms with Crippen LogP contribution in [0.15, 0.2) is 60.7 Å². The summed E-state index contributed by atoms with van der Waals surface area (Å²) in [5, 5.41) is 12.8. The smallest absolute Gasteiger partial charge is 0.321 e. The van der Waals surface area contributed by atoms with Crippen LogP contribution >= 0.6 is 0 Å². The van der Waals surface area contributed by atoms with Gasteiger partial charge in [0.1, 0.15) is 6.04 Å².